The van der Waals surface area contributed by atoms with Crippen LogP contribution >= 0.6 is 11.8 Å². The van der Waals surface area contributed by atoms with Crippen LogP contribution in [0.3, 0.4) is 0 Å². The molecule has 0 saturated heterocycles. The minimum absolute atomic E-state index is 0.262. The van der Waals surface area contributed by atoms with Crippen molar-refractivity contribution in [2.75, 3.05) is 6.26 Å². The van der Waals surface area contributed by atoms with Crippen LogP contribution in [-0.2, 0) is 6.54 Å². The summed E-state index contributed by atoms with van der Waals surface area (Å²) in [7, 11) is 0. The largest absolute Gasteiger partial charge is 0.573 e. The summed E-state index contributed by atoms with van der Waals surface area (Å²) < 4.78 is 40.1. The van der Waals surface area contributed by atoms with E-state index in [2.05, 4.69) is 14.7 Å². The van der Waals surface area contributed by atoms with Crippen molar-refractivity contribution in [2.45, 2.75) is 18.1 Å². The van der Waals surface area contributed by atoms with Crippen molar-refractivity contribution in [3.05, 3.63) is 36.0 Å². The predicted molar refractivity (Wildman–Crippen MR) is 73.8 cm³/mol. The van der Waals surface area contributed by atoms with Gasteiger partial charge in [0, 0.05) is 12.1 Å². The molecule has 2 aromatic rings. The molecule has 0 radical (unpaired) electrons. The van der Waals surface area contributed by atoms with Gasteiger partial charge >= 0.3 is 6.36 Å². The van der Waals surface area contributed by atoms with Gasteiger partial charge in [0.2, 0.25) is 0 Å². The Balaban J connectivity index is 2.30. The van der Waals surface area contributed by atoms with Gasteiger partial charge in [-0.15, -0.1) is 13.2 Å². The SMILES string of the molecule is CSc1nc(CN)cc(-c2ccc(OC(F)(F)F)cc2)n1. The molecule has 0 atom stereocenters. The molecular formula is C13H12F3N3OS. The van der Waals surface area contributed by atoms with Gasteiger partial charge in [-0.25, -0.2) is 9.97 Å². The van der Waals surface area contributed by atoms with E-state index in [9.17, 15) is 13.2 Å². The molecule has 4 nitrogen and oxygen atoms in total. The molecule has 0 aliphatic rings. The molecule has 0 unspecified atom stereocenters. The molecule has 1 heterocycles. The van der Waals surface area contributed by atoms with Gasteiger partial charge in [0.1, 0.15) is 5.75 Å². The fraction of sp³-hybridized carbons (Fsp3) is 0.231. The highest BCUT2D eigenvalue weighted by molar-refractivity contribution is 7.98. The second-order valence-electron chi connectivity index (χ2n) is 4.01. The van der Waals surface area contributed by atoms with Crippen LogP contribution < -0.4 is 10.5 Å². The van der Waals surface area contributed by atoms with E-state index >= 15 is 0 Å². The van der Waals surface area contributed by atoms with Crippen LogP contribution in [0.25, 0.3) is 11.3 Å². The van der Waals surface area contributed by atoms with Crippen molar-refractivity contribution in [3.8, 4) is 17.0 Å². The highest BCUT2D eigenvalue weighted by Crippen LogP contribution is 2.26. The summed E-state index contributed by atoms with van der Waals surface area (Å²) in [5.41, 5.74) is 7.50. The first-order chi connectivity index (χ1) is 9.91. The number of rotatable bonds is 4. The summed E-state index contributed by atoms with van der Waals surface area (Å²) in [6.45, 7) is 0.262. The van der Waals surface area contributed by atoms with Gasteiger partial charge in [-0.05, 0) is 36.6 Å². The first kappa shape index (κ1) is 15.6. The van der Waals surface area contributed by atoms with Gasteiger partial charge in [-0.1, -0.05) is 11.8 Å². The number of hydrogen-bond donors (Lipinski definition) is 1. The number of thioether (sulfide) groups is 1. The Hall–Kier alpha value is -1.80. The molecule has 1 aromatic carbocycles. The predicted octanol–water partition coefficient (Wildman–Crippen LogP) is 3.22. The average Bonchev–Trinajstić information content (AvgIpc) is 2.45. The second-order valence-corrected chi connectivity index (χ2v) is 4.78. The average molecular weight is 315 g/mol. The van der Waals surface area contributed by atoms with Gasteiger partial charge in [0.05, 0.1) is 11.4 Å². The third-order valence-electron chi connectivity index (χ3n) is 2.53. The molecule has 1 aromatic heterocycles. The topological polar surface area (TPSA) is 61.0 Å². The molecule has 0 aliphatic heterocycles. The van der Waals surface area contributed by atoms with E-state index < -0.39 is 6.36 Å². The fourth-order valence-corrected chi connectivity index (χ4v) is 2.04. The van der Waals surface area contributed by atoms with Gasteiger partial charge in [-0.3, -0.25) is 0 Å². The standard InChI is InChI=1S/C13H12F3N3OS/c1-21-12-18-9(7-17)6-11(19-12)8-2-4-10(5-3-8)20-13(14,15)16/h2-6H,7,17H2,1H3. The van der Waals surface area contributed by atoms with Gasteiger partial charge in [0.15, 0.2) is 5.16 Å². The van der Waals surface area contributed by atoms with Crippen LogP contribution in [-0.4, -0.2) is 22.6 Å². The van der Waals surface area contributed by atoms with Gasteiger partial charge < -0.3 is 10.5 Å². The molecule has 0 bridgehead atoms. The van der Waals surface area contributed by atoms with Crippen molar-refractivity contribution in [2.24, 2.45) is 5.73 Å². The number of benzene rings is 1. The quantitative estimate of drug-likeness (QED) is 0.693. The van der Waals surface area contributed by atoms with Crippen LogP contribution in [0.4, 0.5) is 13.2 Å². The third kappa shape index (κ3) is 4.33. The number of hydrogen-bond acceptors (Lipinski definition) is 5. The van der Waals surface area contributed by atoms with E-state index in [1.165, 1.54) is 36.0 Å². The van der Waals surface area contributed by atoms with Gasteiger partial charge in [-0.2, -0.15) is 0 Å². The van der Waals surface area contributed by atoms with E-state index in [1.807, 2.05) is 6.26 Å². The Morgan fingerprint density at radius 2 is 1.86 bits per heavy atom. The van der Waals surface area contributed by atoms with Crippen LogP contribution in [0.2, 0.25) is 0 Å². The lowest BCUT2D eigenvalue weighted by molar-refractivity contribution is -0.274. The number of halogens is 3. The summed E-state index contributed by atoms with van der Waals surface area (Å²) >= 11 is 1.37. The van der Waals surface area contributed by atoms with Crippen molar-refractivity contribution in [3.63, 3.8) is 0 Å². The summed E-state index contributed by atoms with van der Waals surface area (Å²) in [4.78, 5) is 8.52. The van der Waals surface area contributed by atoms with Crippen LogP contribution in [0, 0.1) is 0 Å². The zero-order valence-electron chi connectivity index (χ0n) is 11.0. The molecule has 0 spiro atoms. The zero-order valence-corrected chi connectivity index (χ0v) is 11.8. The summed E-state index contributed by atoms with van der Waals surface area (Å²) in [6, 6.07) is 7.21. The Morgan fingerprint density at radius 1 is 1.19 bits per heavy atom. The molecule has 2 N–H and O–H groups in total. The molecule has 8 heteroatoms. The van der Waals surface area contributed by atoms with Crippen LogP contribution in [0.15, 0.2) is 35.5 Å². The van der Waals surface area contributed by atoms with Crippen molar-refractivity contribution in [1.29, 1.82) is 0 Å². The van der Waals surface area contributed by atoms with Crippen molar-refractivity contribution in [1.82, 2.24) is 9.97 Å². The maximum absolute atomic E-state index is 12.1. The minimum atomic E-state index is -4.70. The molecule has 2 rings (SSSR count). The zero-order chi connectivity index (χ0) is 15.5. The molecule has 0 aliphatic carbocycles. The summed E-state index contributed by atoms with van der Waals surface area (Å²) in [5, 5.41) is 0.559. The molecular weight excluding hydrogens is 303 g/mol. The van der Waals surface area contributed by atoms with E-state index in [-0.39, 0.29) is 12.3 Å². The Morgan fingerprint density at radius 3 is 2.38 bits per heavy atom. The fourth-order valence-electron chi connectivity index (χ4n) is 1.64. The first-order valence-electron chi connectivity index (χ1n) is 5.89. The molecule has 0 saturated carbocycles. The second kappa shape index (κ2) is 6.31. The van der Waals surface area contributed by atoms with E-state index in [1.54, 1.807) is 6.07 Å². The van der Waals surface area contributed by atoms with Crippen LogP contribution in [0.5, 0.6) is 5.75 Å². The Kier molecular flexibility index (Phi) is 4.69. The normalized spacial score (nSPS) is 11.5. The number of nitrogens with two attached hydrogens (primary N) is 1. The summed E-state index contributed by atoms with van der Waals surface area (Å²) in [6.07, 6.45) is -2.87. The van der Waals surface area contributed by atoms with E-state index in [0.717, 1.165) is 0 Å². The number of ether oxygens (including phenoxy) is 1. The monoisotopic (exact) mass is 315 g/mol. The van der Waals surface area contributed by atoms with Crippen molar-refractivity contribution >= 4 is 11.8 Å². The molecule has 0 amide bonds. The highest BCUT2D eigenvalue weighted by atomic mass is 32.2. The lowest BCUT2D eigenvalue weighted by Gasteiger charge is -2.10. The maximum Gasteiger partial charge on any atom is 0.573 e. The maximum atomic E-state index is 12.1. The smallest absolute Gasteiger partial charge is 0.406 e. The molecule has 112 valence electrons. The minimum Gasteiger partial charge on any atom is -0.406 e. The molecule has 21 heavy (non-hydrogen) atoms. The highest BCUT2D eigenvalue weighted by Gasteiger charge is 2.30. The number of nitrogens with zero attached hydrogens (tertiary/aromatic N) is 2. The summed E-state index contributed by atoms with van der Waals surface area (Å²) in [5.74, 6) is -0.274. The van der Waals surface area contributed by atoms with Crippen LogP contribution in [0.1, 0.15) is 5.69 Å². The van der Waals surface area contributed by atoms with E-state index in [4.69, 9.17) is 5.73 Å². The first-order valence-corrected chi connectivity index (χ1v) is 7.12. The van der Waals surface area contributed by atoms with E-state index in [0.29, 0.717) is 22.1 Å². The Labute approximate surface area is 123 Å². The number of aromatic nitrogens is 2. The lowest BCUT2D eigenvalue weighted by Crippen LogP contribution is -2.16. The van der Waals surface area contributed by atoms with Crippen molar-refractivity contribution < 1.29 is 17.9 Å². The van der Waals surface area contributed by atoms with Gasteiger partial charge in [0.25, 0.3) is 0 Å². The number of alkyl halides is 3. The lowest BCUT2D eigenvalue weighted by atomic mass is 10.1. The molecule has 0 fully saturated rings. The Bertz CT molecular complexity index is 595. The third-order valence-corrected chi connectivity index (χ3v) is 3.08.